The topological polar surface area (TPSA) is 53.5 Å². The normalized spacial score (nSPS) is 16.7. The number of nitrogens with zero attached hydrogens (tertiary/aromatic N) is 3. The molecule has 0 N–H and O–H groups in total. The highest BCUT2D eigenvalue weighted by Crippen LogP contribution is 2.32. The first-order chi connectivity index (χ1) is 13.9. The highest BCUT2D eigenvalue weighted by atomic mass is 32.1. The van der Waals surface area contributed by atoms with Crippen molar-refractivity contribution < 1.29 is 9.59 Å². The van der Waals surface area contributed by atoms with Gasteiger partial charge in [0.2, 0.25) is 0 Å². The molecule has 150 valence electrons. The highest BCUT2D eigenvalue weighted by Gasteiger charge is 2.31. The first-order valence-electron chi connectivity index (χ1n) is 9.87. The number of aryl methyl sites for hydroxylation is 1. The summed E-state index contributed by atoms with van der Waals surface area (Å²) < 4.78 is 0. The predicted molar refractivity (Wildman–Crippen MR) is 117 cm³/mol. The Morgan fingerprint density at radius 1 is 1.28 bits per heavy atom. The van der Waals surface area contributed by atoms with Gasteiger partial charge in [-0.25, -0.2) is 4.98 Å². The van der Waals surface area contributed by atoms with E-state index >= 15 is 0 Å². The number of likely N-dealkylation sites (N-methyl/N-ethyl adjacent to an activating group) is 1. The van der Waals surface area contributed by atoms with Crippen LogP contribution in [0.1, 0.15) is 44.5 Å². The standard InChI is InChI=1S/C23H25N3O2S/c1-15-20-11-18(16(2)27)12-24-22(20)29-21(15)23(28)26-10-9-19(14-26)25(3)13-17-7-5-4-6-8-17/h4-8,11-12,19H,9-10,13-14H2,1-3H3. The van der Waals surface area contributed by atoms with E-state index in [-0.39, 0.29) is 11.7 Å². The van der Waals surface area contributed by atoms with E-state index in [1.165, 1.54) is 23.8 Å². The van der Waals surface area contributed by atoms with Crippen LogP contribution in [0.4, 0.5) is 0 Å². The third kappa shape index (κ3) is 3.95. The maximum atomic E-state index is 13.2. The molecule has 4 rings (SSSR count). The fourth-order valence-electron chi connectivity index (χ4n) is 3.92. The fraction of sp³-hybridized carbons (Fsp3) is 0.348. The lowest BCUT2D eigenvalue weighted by atomic mass is 10.1. The summed E-state index contributed by atoms with van der Waals surface area (Å²) in [5.41, 5.74) is 2.79. The predicted octanol–water partition coefficient (Wildman–Crippen LogP) is 4.15. The van der Waals surface area contributed by atoms with E-state index < -0.39 is 0 Å². The Labute approximate surface area is 175 Å². The van der Waals surface area contributed by atoms with Crippen molar-refractivity contribution in [2.45, 2.75) is 32.9 Å². The highest BCUT2D eigenvalue weighted by molar-refractivity contribution is 7.20. The number of likely N-dealkylation sites (tertiary alicyclic amines) is 1. The van der Waals surface area contributed by atoms with Gasteiger partial charge in [0, 0.05) is 42.8 Å². The van der Waals surface area contributed by atoms with Crippen LogP contribution >= 0.6 is 11.3 Å². The van der Waals surface area contributed by atoms with Crippen molar-refractivity contribution in [2.75, 3.05) is 20.1 Å². The van der Waals surface area contributed by atoms with E-state index in [4.69, 9.17) is 0 Å². The number of hydrogen-bond acceptors (Lipinski definition) is 5. The van der Waals surface area contributed by atoms with Crippen LogP contribution in [-0.4, -0.2) is 52.7 Å². The zero-order valence-electron chi connectivity index (χ0n) is 17.0. The number of carbonyl (C=O) groups excluding carboxylic acids is 2. The molecule has 0 saturated carbocycles. The SMILES string of the molecule is CC(=O)c1cnc2sc(C(=O)N3CCC(N(C)Cc4ccccc4)C3)c(C)c2c1. The van der Waals surface area contributed by atoms with Crippen LogP contribution in [0.5, 0.6) is 0 Å². The van der Waals surface area contributed by atoms with Crippen molar-refractivity contribution >= 4 is 33.2 Å². The van der Waals surface area contributed by atoms with Gasteiger partial charge in [-0.1, -0.05) is 30.3 Å². The number of amides is 1. The molecule has 0 radical (unpaired) electrons. The molecule has 1 unspecified atom stereocenters. The van der Waals surface area contributed by atoms with Crippen molar-refractivity contribution in [3.8, 4) is 0 Å². The summed E-state index contributed by atoms with van der Waals surface area (Å²) in [5, 5.41) is 0.906. The second-order valence-corrected chi connectivity index (χ2v) is 8.78. The number of ketones is 1. The second kappa shape index (κ2) is 8.05. The Kier molecular flexibility index (Phi) is 5.48. The van der Waals surface area contributed by atoms with Crippen molar-refractivity contribution in [2.24, 2.45) is 0 Å². The van der Waals surface area contributed by atoms with E-state index in [2.05, 4.69) is 41.2 Å². The van der Waals surface area contributed by atoms with Gasteiger partial charge in [0.05, 0.1) is 4.88 Å². The van der Waals surface area contributed by atoms with E-state index in [1.54, 1.807) is 6.20 Å². The van der Waals surface area contributed by atoms with Crippen LogP contribution in [0.25, 0.3) is 10.2 Å². The Balaban J connectivity index is 1.49. The molecule has 0 aliphatic carbocycles. The van der Waals surface area contributed by atoms with Crippen LogP contribution in [0, 0.1) is 6.92 Å². The molecule has 6 heteroatoms. The van der Waals surface area contributed by atoms with Crippen LogP contribution in [-0.2, 0) is 6.54 Å². The Hall–Kier alpha value is -2.57. The summed E-state index contributed by atoms with van der Waals surface area (Å²) >= 11 is 1.42. The van der Waals surface area contributed by atoms with E-state index in [9.17, 15) is 9.59 Å². The summed E-state index contributed by atoms with van der Waals surface area (Å²) in [4.78, 5) is 35.1. The van der Waals surface area contributed by atoms with Crippen LogP contribution in [0.3, 0.4) is 0 Å². The monoisotopic (exact) mass is 407 g/mol. The summed E-state index contributed by atoms with van der Waals surface area (Å²) in [6, 6.07) is 12.6. The first-order valence-corrected chi connectivity index (χ1v) is 10.7. The quantitative estimate of drug-likeness (QED) is 0.596. The molecule has 1 fully saturated rings. The number of pyridine rings is 1. The summed E-state index contributed by atoms with van der Waals surface area (Å²) in [6.07, 6.45) is 2.57. The van der Waals surface area contributed by atoms with Crippen molar-refractivity contribution in [1.29, 1.82) is 0 Å². The number of carbonyl (C=O) groups is 2. The van der Waals surface area contributed by atoms with Gasteiger partial charge in [0.15, 0.2) is 5.78 Å². The molecule has 1 atom stereocenters. The third-order valence-electron chi connectivity index (χ3n) is 5.74. The molecule has 29 heavy (non-hydrogen) atoms. The number of thiophene rings is 1. The van der Waals surface area contributed by atoms with Gasteiger partial charge in [-0.15, -0.1) is 11.3 Å². The summed E-state index contributed by atoms with van der Waals surface area (Å²) in [5.74, 6) is 0.0622. The van der Waals surface area contributed by atoms with Gasteiger partial charge in [-0.05, 0) is 44.5 Å². The lowest BCUT2D eigenvalue weighted by Crippen LogP contribution is -2.36. The molecular weight excluding hydrogens is 382 g/mol. The van der Waals surface area contributed by atoms with Crippen LogP contribution in [0.15, 0.2) is 42.6 Å². The fourth-order valence-corrected chi connectivity index (χ4v) is 5.02. The maximum absolute atomic E-state index is 13.2. The van der Waals surface area contributed by atoms with Gasteiger partial charge in [0.25, 0.3) is 5.91 Å². The number of rotatable bonds is 5. The Morgan fingerprint density at radius 2 is 2.03 bits per heavy atom. The molecule has 1 aliphatic heterocycles. The smallest absolute Gasteiger partial charge is 0.264 e. The van der Waals surface area contributed by atoms with E-state index in [1.807, 2.05) is 24.0 Å². The maximum Gasteiger partial charge on any atom is 0.264 e. The number of aromatic nitrogens is 1. The molecular formula is C23H25N3O2S. The van der Waals surface area contributed by atoms with Crippen molar-refractivity contribution in [1.82, 2.24) is 14.8 Å². The minimum absolute atomic E-state index is 0.0123. The first kappa shape index (κ1) is 19.7. The largest absolute Gasteiger partial charge is 0.336 e. The molecule has 1 saturated heterocycles. The average Bonchev–Trinajstić information content (AvgIpc) is 3.33. The minimum atomic E-state index is -0.0123. The summed E-state index contributed by atoms with van der Waals surface area (Å²) in [6.45, 7) is 5.87. The molecule has 0 spiro atoms. The zero-order valence-corrected chi connectivity index (χ0v) is 17.8. The molecule has 1 aliphatic rings. The number of Topliss-reactive ketones (excluding diaryl/α,β-unsaturated/α-hetero) is 1. The summed E-state index contributed by atoms with van der Waals surface area (Å²) in [7, 11) is 2.13. The molecule has 1 amide bonds. The molecule has 1 aromatic carbocycles. The van der Waals surface area contributed by atoms with Crippen molar-refractivity contribution in [3.63, 3.8) is 0 Å². The van der Waals surface area contributed by atoms with Gasteiger partial charge >= 0.3 is 0 Å². The number of benzene rings is 1. The van der Waals surface area contributed by atoms with Crippen LogP contribution < -0.4 is 0 Å². The van der Waals surface area contributed by atoms with Crippen molar-refractivity contribution in [3.05, 3.63) is 64.2 Å². The molecule has 0 bridgehead atoms. The van der Waals surface area contributed by atoms with Crippen LogP contribution in [0.2, 0.25) is 0 Å². The number of hydrogen-bond donors (Lipinski definition) is 0. The molecule has 5 nitrogen and oxygen atoms in total. The average molecular weight is 408 g/mol. The van der Waals surface area contributed by atoms with Gasteiger partial charge in [-0.2, -0.15) is 0 Å². The molecule has 3 aromatic rings. The third-order valence-corrected chi connectivity index (χ3v) is 6.95. The van der Waals surface area contributed by atoms with Gasteiger partial charge in [-0.3, -0.25) is 14.5 Å². The van der Waals surface area contributed by atoms with E-state index in [0.717, 1.165) is 46.7 Å². The Morgan fingerprint density at radius 3 is 2.76 bits per heavy atom. The lowest BCUT2D eigenvalue weighted by Gasteiger charge is -2.24. The number of fused-ring (bicyclic) bond motifs is 1. The molecule has 3 heterocycles. The van der Waals surface area contributed by atoms with Gasteiger partial charge < -0.3 is 4.90 Å². The Bertz CT molecular complexity index is 1060. The second-order valence-electron chi connectivity index (χ2n) is 7.78. The molecule has 2 aromatic heterocycles. The zero-order chi connectivity index (χ0) is 20.5. The van der Waals surface area contributed by atoms with E-state index in [0.29, 0.717) is 11.6 Å². The van der Waals surface area contributed by atoms with Gasteiger partial charge in [0.1, 0.15) is 4.83 Å². The minimum Gasteiger partial charge on any atom is -0.336 e. The lowest BCUT2D eigenvalue weighted by molar-refractivity contribution is 0.0783.